The molecule has 1 aromatic heterocycles. The Hall–Kier alpha value is -1.40. The van der Waals surface area contributed by atoms with Gasteiger partial charge in [0.15, 0.2) is 0 Å². The first-order chi connectivity index (χ1) is 10.1. The molecule has 0 aromatic carbocycles. The molecule has 0 spiro atoms. The van der Waals surface area contributed by atoms with Crippen LogP contribution < -0.4 is 16.2 Å². The Bertz CT molecular complexity index is 513. The third-order valence-corrected chi connectivity index (χ3v) is 4.70. The van der Waals surface area contributed by atoms with Gasteiger partial charge >= 0.3 is 0 Å². The van der Waals surface area contributed by atoms with Crippen LogP contribution in [-0.2, 0) is 0 Å². The Balaban J connectivity index is 1.90. The summed E-state index contributed by atoms with van der Waals surface area (Å²) in [5, 5.41) is 0. The van der Waals surface area contributed by atoms with Gasteiger partial charge < -0.3 is 15.2 Å². The lowest BCUT2D eigenvalue weighted by atomic mass is 10.0. The van der Waals surface area contributed by atoms with Gasteiger partial charge in [0.05, 0.1) is 0 Å². The second-order valence-corrected chi connectivity index (χ2v) is 6.47. The fourth-order valence-corrected chi connectivity index (χ4v) is 3.16. The molecule has 116 valence electrons. The maximum atomic E-state index is 5.64. The number of hydrogen-bond donors (Lipinski definition) is 2. The van der Waals surface area contributed by atoms with Crippen molar-refractivity contribution < 1.29 is 0 Å². The van der Waals surface area contributed by atoms with Gasteiger partial charge in [-0.15, -0.1) is 0 Å². The average Bonchev–Trinajstić information content (AvgIpc) is 3.31. The molecule has 6 nitrogen and oxygen atoms in total. The van der Waals surface area contributed by atoms with Crippen molar-refractivity contribution in [3.8, 4) is 0 Å². The number of rotatable bonds is 4. The molecule has 3 rings (SSSR count). The van der Waals surface area contributed by atoms with Gasteiger partial charge in [0, 0.05) is 31.1 Å². The monoisotopic (exact) mass is 290 g/mol. The smallest absolute Gasteiger partial charge is 0.148 e. The molecule has 0 bridgehead atoms. The van der Waals surface area contributed by atoms with Crippen molar-refractivity contribution in [2.75, 3.05) is 37.5 Å². The van der Waals surface area contributed by atoms with Gasteiger partial charge in [0.25, 0.3) is 0 Å². The van der Waals surface area contributed by atoms with Crippen LogP contribution in [0.4, 0.5) is 11.6 Å². The Morgan fingerprint density at radius 3 is 2.67 bits per heavy atom. The molecule has 1 saturated heterocycles. The number of nitrogens with two attached hydrogens (primary N) is 1. The molecule has 2 heterocycles. The first-order valence-electron chi connectivity index (χ1n) is 7.86. The van der Waals surface area contributed by atoms with Gasteiger partial charge in [0.2, 0.25) is 0 Å². The molecule has 1 saturated carbocycles. The SMILES string of the molecule is Cc1c(NN)nc(C2CC2)nc1N(C)C1CCCN(C)C1. The van der Waals surface area contributed by atoms with Gasteiger partial charge in [-0.25, -0.2) is 15.8 Å². The molecule has 1 aromatic rings. The number of hydrogen-bond acceptors (Lipinski definition) is 6. The van der Waals surface area contributed by atoms with E-state index in [-0.39, 0.29) is 0 Å². The average molecular weight is 290 g/mol. The lowest BCUT2D eigenvalue weighted by Crippen LogP contribution is -2.45. The van der Waals surface area contributed by atoms with Crippen molar-refractivity contribution in [1.82, 2.24) is 14.9 Å². The van der Waals surface area contributed by atoms with E-state index in [0.717, 1.165) is 29.6 Å². The number of likely N-dealkylation sites (tertiary alicyclic amines) is 1. The minimum Gasteiger partial charge on any atom is -0.355 e. The molecular weight excluding hydrogens is 264 g/mol. The standard InChI is InChI=1S/C15H26N6/c1-10-13(19-16)17-14(11-6-7-11)18-15(10)21(3)12-5-4-8-20(2)9-12/h11-12H,4-9,16H2,1-3H3,(H,17,18,19). The maximum absolute atomic E-state index is 5.64. The summed E-state index contributed by atoms with van der Waals surface area (Å²) in [5.41, 5.74) is 3.78. The molecule has 2 aliphatic rings. The van der Waals surface area contributed by atoms with E-state index in [2.05, 4.69) is 34.3 Å². The Kier molecular flexibility index (Phi) is 3.99. The Labute approximate surface area is 126 Å². The predicted octanol–water partition coefficient (Wildman–Crippen LogP) is 1.48. The summed E-state index contributed by atoms with van der Waals surface area (Å²) >= 11 is 0. The number of nitrogens with one attached hydrogen (secondary N) is 1. The van der Waals surface area contributed by atoms with Crippen LogP contribution in [0.15, 0.2) is 0 Å². The number of nitrogen functional groups attached to an aromatic ring is 1. The number of aromatic nitrogens is 2. The largest absolute Gasteiger partial charge is 0.355 e. The van der Waals surface area contributed by atoms with Crippen LogP contribution in [0.2, 0.25) is 0 Å². The van der Waals surface area contributed by atoms with E-state index in [1.54, 1.807) is 0 Å². The van der Waals surface area contributed by atoms with Crippen LogP contribution in [0, 0.1) is 6.92 Å². The molecule has 1 aliphatic carbocycles. The second-order valence-electron chi connectivity index (χ2n) is 6.47. The van der Waals surface area contributed by atoms with Crippen LogP contribution in [-0.4, -0.2) is 48.1 Å². The number of hydrazine groups is 1. The summed E-state index contributed by atoms with van der Waals surface area (Å²) in [6, 6.07) is 0.509. The maximum Gasteiger partial charge on any atom is 0.148 e. The predicted molar refractivity (Wildman–Crippen MR) is 85.5 cm³/mol. The number of nitrogens with zero attached hydrogens (tertiary/aromatic N) is 4. The van der Waals surface area contributed by atoms with Crippen molar-refractivity contribution in [1.29, 1.82) is 0 Å². The normalized spacial score (nSPS) is 23.1. The zero-order chi connectivity index (χ0) is 15.0. The molecule has 0 radical (unpaired) electrons. The lowest BCUT2D eigenvalue weighted by molar-refractivity contribution is 0.247. The van der Waals surface area contributed by atoms with E-state index < -0.39 is 0 Å². The lowest BCUT2D eigenvalue weighted by Gasteiger charge is -2.37. The molecule has 0 amide bonds. The van der Waals surface area contributed by atoms with Crippen molar-refractivity contribution >= 4 is 11.6 Å². The molecule has 1 aliphatic heterocycles. The van der Waals surface area contributed by atoms with E-state index in [1.165, 1.54) is 32.2 Å². The van der Waals surface area contributed by atoms with Gasteiger partial charge in [-0.2, -0.15) is 0 Å². The van der Waals surface area contributed by atoms with Crippen LogP contribution in [0.3, 0.4) is 0 Å². The molecule has 3 N–H and O–H groups in total. The molecule has 1 atom stereocenters. The van der Waals surface area contributed by atoms with E-state index in [0.29, 0.717) is 12.0 Å². The first-order valence-corrected chi connectivity index (χ1v) is 7.86. The van der Waals surface area contributed by atoms with E-state index in [9.17, 15) is 0 Å². The first kappa shape index (κ1) is 14.5. The quantitative estimate of drug-likeness (QED) is 0.646. The van der Waals surface area contributed by atoms with E-state index in [4.69, 9.17) is 10.8 Å². The van der Waals surface area contributed by atoms with Gasteiger partial charge in [0.1, 0.15) is 17.5 Å². The Morgan fingerprint density at radius 1 is 1.29 bits per heavy atom. The van der Waals surface area contributed by atoms with Crippen LogP contribution in [0.5, 0.6) is 0 Å². The van der Waals surface area contributed by atoms with Crippen molar-refractivity contribution in [2.24, 2.45) is 5.84 Å². The molecule has 6 heteroatoms. The van der Waals surface area contributed by atoms with Gasteiger partial charge in [-0.05, 0) is 46.2 Å². The zero-order valence-corrected chi connectivity index (χ0v) is 13.3. The van der Waals surface area contributed by atoms with E-state index >= 15 is 0 Å². The number of anilines is 2. The van der Waals surface area contributed by atoms with Gasteiger partial charge in [-0.3, -0.25) is 0 Å². The minimum atomic E-state index is 0.509. The summed E-state index contributed by atoms with van der Waals surface area (Å²) < 4.78 is 0. The second kappa shape index (κ2) is 5.77. The van der Waals surface area contributed by atoms with Crippen molar-refractivity contribution in [3.63, 3.8) is 0 Å². The van der Waals surface area contributed by atoms with Crippen LogP contribution in [0.25, 0.3) is 0 Å². The highest BCUT2D eigenvalue weighted by molar-refractivity contribution is 5.58. The summed E-state index contributed by atoms with van der Waals surface area (Å²) in [6.07, 6.45) is 4.85. The van der Waals surface area contributed by atoms with Crippen molar-refractivity contribution in [2.45, 2.75) is 44.6 Å². The Morgan fingerprint density at radius 2 is 2.05 bits per heavy atom. The highest BCUT2D eigenvalue weighted by Crippen LogP contribution is 2.40. The summed E-state index contributed by atoms with van der Waals surface area (Å²) in [7, 11) is 4.34. The summed E-state index contributed by atoms with van der Waals surface area (Å²) in [4.78, 5) is 14.1. The molecule has 1 unspecified atom stereocenters. The highest BCUT2D eigenvalue weighted by Gasteiger charge is 2.30. The van der Waals surface area contributed by atoms with E-state index in [1.807, 2.05) is 6.92 Å². The minimum absolute atomic E-state index is 0.509. The molecule has 2 fully saturated rings. The van der Waals surface area contributed by atoms with Gasteiger partial charge in [-0.1, -0.05) is 0 Å². The van der Waals surface area contributed by atoms with Crippen LogP contribution in [0.1, 0.15) is 43.0 Å². The van der Waals surface area contributed by atoms with Crippen molar-refractivity contribution in [3.05, 3.63) is 11.4 Å². The number of likely N-dealkylation sites (N-methyl/N-ethyl adjacent to an activating group) is 2. The molecule has 21 heavy (non-hydrogen) atoms. The van der Waals surface area contributed by atoms with Crippen LogP contribution >= 0.6 is 0 Å². The molecular formula is C15H26N6. The summed E-state index contributed by atoms with van der Waals surface area (Å²) in [6.45, 7) is 4.32. The fraction of sp³-hybridized carbons (Fsp3) is 0.733. The summed E-state index contributed by atoms with van der Waals surface area (Å²) in [5.74, 6) is 8.90. The third-order valence-electron chi connectivity index (χ3n) is 4.70. The fourth-order valence-electron chi connectivity index (χ4n) is 3.16. The highest BCUT2D eigenvalue weighted by atomic mass is 15.3. The topological polar surface area (TPSA) is 70.3 Å². The number of piperidine rings is 1. The third kappa shape index (κ3) is 2.96. The zero-order valence-electron chi connectivity index (χ0n) is 13.3.